The summed E-state index contributed by atoms with van der Waals surface area (Å²) in [5.74, 6) is 0. The van der Waals surface area contributed by atoms with Gasteiger partial charge < -0.3 is 4.57 Å². The molecule has 1 nitrogen and oxygen atoms in total. The maximum absolute atomic E-state index is 2.30. The topological polar surface area (TPSA) is 4.93 Å². The molecule has 0 N–H and O–H groups in total. The van der Waals surface area contributed by atoms with E-state index in [9.17, 15) is 0 Å². The molecule has 0 unspecified atom stereocenters. The lowest BCUT2D eigenvalue weighted by atomic mass is 10.1. The fourth-order valence-electron chi connectivity index (χ4n) is 2.53. The number of hydrogen-bond donors (Lipinski definition) is 0. The molecular formula is C15H15N. The monoisotopic (exact) mass is 209 g/mol. The Morgan fingerprint density at radius 1 is 0.875 bits per heavy atom. The summed E-state index contributed by atoms with van der Waals surface area (Å²) >= 11 is 0. The first-order valence-corrected chi connectivity index (χ1v) is 5.63. The second-order valence-electron chi connectivity index (χ2n) is 4.45. The molecule has 16 heavy (non-hydrogen) atoms. The molecule has 2 aromatic carbocycles. The summed E-state index contributed by atoms with van der Waals surface area (Å²) in [4.78, 5) is 0. The molecule has 3 rings (SSSR count). The maximum atomic E-state index is 2.30. The molecule has 0 atom stereocenters. The Kier molecular flexibility index (Phi) is 1.84. The highest BCUT2D eigenvalue weighted by Gasteiger charge is 2.10. The van der Waals surface area contributed by atoms with Gasteiger partial charge in [-0.25, -0.2) is 0 Å². The third kappa shape index (κ3) is 1.06. The van der Waals surface area contributed by atoms with E-state index >= 15 is 0 Å². The van der Waals surface area contributed by atoms with Crippen molar-refractivity contribution in [2.45, 2.75) is 13.8 Å². The van der Waals surface area contributed by atoms with Crippen LogP contribution >= 0.6 is 0 Å². The fourth-order valence-corrected chi connectivity index (χ4v) is 2.53. The molecule has 0 aliphatic rings. The number of rotatable bonds is 0. The summed E-state index contributed by atoms with van der Waals surface area (Å²) in [6, 6.07) is 13.0. The van der Waals surface area contributed by atoms with E-state index in [1.54, 1.807) is 0 Å². The third-order valence-corrected chi connectivity index (χ3v) is 3.69. The Hall–Kier alpha value is -1.76. The van der Waals surface area contributed by atoms with Crippen molar-refractivity contribution in [1.82, 2.24) is 4.57 Å². The van der Waals surface area contributed by atoms with E-state index in [1.807, 2.05) is 0 Å². The van der Waals surface area contributed by atoms with E-state index in [0.29, 0.717) is 0 Å². The Balaban J connectivity index is 2.65. The Bertz CT molecular complexity index is 689. The zero-order valence-electron chi connectivity index (χ0n) is 9.91. The third-order valence-electron chi connectivity index (χ3n) is 3.69. The maximum Gasteiger partial charge on any atom is 0.0562 e. The molecule has 0 saturated heterocycles. The summed E-state index contributed by atoms with van der Waals surface area (Å²) in [5.41, 5.74) is 4.10. The molecule has 0 saturated carbocycles. The largest absolute Gasteiger partial charge is 0.347 e. The number of fused-ring (bicyclic) bond motifs is 3. The standard InChI is InChI=1S/C15H15N/c1-10-11(2)16(3)15-13(10)9-8-12-6-4-5-7-14(12)15/h4-9H,1-3H3. The molecule has 1 aromatic heterocycles. The van der Waals surface area contributed by atoms with Gasteiger partial charge in [0.05, 0.1) is 5.52 Å². The average molecular weight is 209 g/mol. The first-order chi connectivity index (χ1) is 7.70. The zero-order valence-corrected chi connectivity index (χ0v) is 9.91. The van der Waals surface area contributed by atoms with Gasteiger partial charge in [-0.3, -0.25) is 0 Å². The molecule has 0 aliphatic heterocycles. The molecule has 80 valence electrons. The van der Waals surface area contributed by atoms with Crippen LogP contribution in [-0.2, 0) is 7.05 Å². The van der Waals surface area contributed by atoms with E-state index in [2.05, 4.69) is 61.9 Å². The Morgan fingerprint density at radius 2 is 1.62 bits per heavy atom. The summed E-state index contributed by atoms with van der Waals surface area (Å²) in [6.07, 6.45) is 0. The minimum Gasteiger partial charge on any atom is -0.347 e. The molecule has 0 bridgehead atoms. The molecule has 0 amide bonds. The second kappa shape index (κ2) is 3.11. The normalized spacial score (nSPS) is 11.4. The molecule has 0 radical (unpaired) electrons. The Morgan fingerprint density at radius 3 is 2.44 bits per heavy atom. The number of aryl methyl sites for hydroxylation is 2. The molecule has 0 spiro atoms. The van der Waals surface area contributed by atoms with E-state index < -0.39 is 0 Å². The summed E-state index contributed by atoms with van der Waals surface area (Å²) in [6.45, 7) is 4.39. The van der Waals surface area contributed by atoms with Gasteiger partial charge in [-0.1, -0.05) is 36.4 Å². The minimum atomic E-state index is 1.32. The van der Waals surface area contributed by atoms with Crippen LogP contribution in [-0.4, -0.2) is 4.57 Å². The lowest BCUT2D eigenvalue weighted by Gasteiger charge is -2.03. The Labute approximate surface area is 95.3 Å². The van der Waals surface area contributed by atoms with Crippen LogP contribution in [0.15, 0.2) is 36.4 Å². The fraction of sp³-hybridized carbons (Fsp3) is 0.200. The van der Waals surface area contributed by atoms with Gasteiger partial charge in [0, 0.05) is 23.5 Å². The van der Waals surface area contributed by atoms with Crippen molar-refractivity contribution in [1.29, 1.82) is 0 Å². The van der Waals surface area contributed by atoms with Crippen LogP contribution < -0.4 is 0 Å². The SMILES string of the molecule is Cc1c(C)n(C)c2c1ccc1ccccc12. The van der Waals surface area contributed by atoms with Crippen LogP contribution in [0.3, 0.4) is 0 Å². The van der Waals surface area contributed by atoms with Gasteiger partial charge in [-0.15, -0.1) is 0 Å². The van der Waals surface area contributed by atoms with E-state index in [1.165, 1.54) is 32.9 Å². The van der Waals surface area contributed by atoms with Crippen molar-refractivity contribution < 1.29 is 0 Å². The number of aromatic nitrogens is 1. The van der Waals surface area contributed by atoms with Crippen LogP contribution in [0.4, 0.5) is 0 Å². The van der Waals surface area contributed by atoms with Crippen molar-refractivity contribution in [3.8, 4) is 0 Å². The summed E-state index contributed by atoms with van der Waals surface area (Å²) in [5, 5.41) is 4.04. The quantitative estimate of drug-likeness (QED) is 0.528. The summed E-state index contributed by atoms with van der Waals surface area (Å²) in [7, 11) is 2.15. The number of benzene rings is 2. The van der Waals surface area contributed by atoms with Gasteiger partial charge in [-0.2, -0.15) is 0 Å². The van der Waals surface area contributed by atoms with Gasteiger partial charge in [0.25, 0.3) is 0 Å². The van der Waals surface area contributed by atoms with Crippen molar-refractivity contribution in [3.05, 3.63) is 47.7 Å². The minimum absolute atomic E-state index is 1.32. The summed E-state index contributed by atoms with van der Waals surface area (Å²) < 4.78 is 2.30. The molecule has 1 heterocycles. The molecule has 0 fully saturated rings. The van der Waals surface area contributed by atoms with Gasteiger partial charge in [0.1, 0.15) is 0 Å². The highest BCUT2D eigenvalue weighted by molar-refractivity contribution is 6.07. The van der Waals surface area contributed by atoms with E-state index in [4.69, 9.17) is 0 Å². The van der Waals surface area contributed by atoms with Crippen LogP contribution in [0.1, 0.15) is 11.3 Å². The van der Waals surface area contributed by atoms with E-state index in [-0.39, 0.29) is 0 Å². The molecule has 3 aromatic rings. The highest BCUT2D eigenvalue weighted by atomic mass is 14.9. The first kappa shape index (κ1) is 9.46. The van der Waals surface area contributed by atoms with Crippen molar-refractivity contribution >= 4 is 21.7 Å². The highest BCUT2D eigenvalue weighted by Crippen LogP contribution is 2.30. The van der Waals surface area contributed by atoms with Crippen molar-refractivity contribution in [2.24, 2.45) is 7.05 Å². The molecule has 1 heteroatoms. The van der Waals surface area contributed by atoms with Gasteiger partial charge in [0.15, 0.2) is 0 Å². The van der Waals surface area contributed by atoms with Crippen LogP contribution in [0, 0.1) is 13.8 Å². The van der Waals surface area contributed by atoms with Crippen LogP contribution in [0.5, 0.6) is 0 Å². The van der Waals surface area contributed by atoms with Crippen molar-refractivity contribution in [3.63, 3.8) is 0 Å². The van der Waals surface area contributed by atoms with Crippen LogP contribution in [0.2, 0.25) is 0 Å². The molecular weight excluding hydrogens is 194 g/mol. The van der Waals surface area contributed by atoms with Crippen molar-refractivity contribution in [2.75, 3.05) is 0 Å². The number of hydrogen-bond acceptors (Lipinski definition) is 0. The smallest absolute Gasteiger partial charge is 0.0562 e. The zero-order chi connectivity index (χ0) is 11.3. The predicted molar refractivity (Wildman–Crippen MR) is 69.9 cm³/mol. The average Bonchev–Trinajstić information content (AvgIpc) is 2.55. The van der Waals surface area contributed by atoms with E-state index in [0.717, 1.165) is 0 Å². The second-order valence-corrected chi connectivity index (χ2v) is 4.45. The molecule has 0 aliphatic carbocycles. The predicted octanol–water partition coefficient (Wildman–Crippen LogP) is 3.95. The van der Waals surface area contributed by atoms with Gasteiger partial charge >= 0.3 is 0 Å². The van der Waals surface area contributed by atoms with Crippen LogP contribution in [0.25, 0.3) is 21.7 Å². The lowest BCUT2D eigenvalue weighted by Crippen LogP contribution is -1.90. The number of nitrogens with zero attached hydrogens (tertiary/aromatic N) is 1. The first-order valence-electron chi connectivity index (χ1n) is 5.63. The van der Waals surface area contributed by atoms with Gasteiger partial charge in [0.2, 0.25) is 0 Å². The lowest BCUT2D eigenvalue weighted by molar-refractivity contribution is 0.913. The van der Waals surface area contributed by atoms with Gasteiger partial charge in [-0.05, 0) is 24.8 Å².